The quantitative estimate of drug-likeness (QED) is 0.921. The number of nitrogens with zero attached hydrogens (tertiary/aromatic N) is 1. The van der Waals surface area contributed by atoms with E-state index < -0.39 is 5.82 Å². The number of rotatable bonds is 4. The Morgan fingerprint density at radius 2 is 2.28 bits per heavy atom. The van der Waals surface area contributed by atoms with Crippen molar-refractivity contribution in [2.75, 3.05) is 6.54 Å². The average Bonchev–Trinajstić information content (AvgIpc) is 2.90. The van der Waals surface area contributed by atoms with Gasteiger partial charge in [-0.2, -0.15) is 16.6 Å². The van der Waals surface area contributed by atoms with Gasteiger partial charge in [0.2, 0.25) is 0 Å². The molecule has 2 N–H and O–H groups in total. The van der Waals surface area contributed by atoms with Crippen LogP contribution in [0, 0.1) is 17.1 Å². The van der Waals surface area contributed by atoms with E-state index in [1.165, 1.54) is 12.1 Å². The number of thiophene rings is 1. The Morgan fingerprint density at radius 3 is 2.83 bits per heavy atom. The summed E-state index contributed by atoms with van der Waals surface area (Å²) in [5.74, 6) is -0.218. The summed E-state index contributed by atoms with van der Waals surface area (Å²) in [5, 5.41) is 12.5. The summed E-state index contributed by atoms with van der Waals surface area (Å²) in [6, 6.07) is 7.85. The first-order valence-corrected chi connectivity index (χ1v) is 6.27. The van der Waals surface area contributed by atoms with E-state index in [1.807, 2.05) is 16.8 Å². The highest BCUT2D eigenvalue weighted by Gasteiger charge is 2.13. The Labute approximate surface area is 108 Å². The van der Waals surface area contributed by atoms with Crippen LogP contribution in [-0.2, 0) is 0 Å². The Hall–Kier alpha value is -1.90. The SMILES string of the molecule is N#Cc1ccc(OC(CN)c2ccsc2)cc1F. The van der Waals surface area contributed by atoms with E-state index in [2.05, 4.69) is 0 Å². The summed E-state index contributed by atoms with van der Waals surface area (Å²) in [6.07, 6.45) is -0.302. The van der Waals surface area contributed by atoms with Gasteiger partial charge in [0.25, 0.3) is 0 Å². The standard InChI is InChI=1S/C13H11FN2OS/c14-12-5-11(2-1-9(12)6-15)17-13(7-16)10-3-4-18-8-10/h1-5,8,13H,7,16H2. The van der Waals surface area contributed by atoms with Crippen LogP contribution in [0.5, 0.6) is 5.75 Å². The molecule has 0 aliphatic rings. The number of nitriles is 1. The van der Waals surface area contributed by atoms with Crippen molar-refractivity contribution in [1.82, 2.24) is 0 Å². The van der Waals surface area contributed by atoms with Crippen molar-refractivity contribution in [3.8, 4) is 11.8 Å². The van der Waals surface area contributed by atoms with E-state index in [0.717, 1.165) is 5.56 Å². The molecular formula is C13H11FN2OS. The molecular weight excluding hydrogens is 251 g/mol. The molecule has 0 amide bonds. The van der Waals surface area contributed by atoms with Gasteiger partial charge in [-0.1, -0.05) is 0 Å². The first kappa shape index (κ1) is 12.6. The van der Waals surface area contributed by atoms with Crippen LogP contribution in [0.25, 0.3) is 0 Å². The third-order valence-corrected chi connectivity index (χ3v) is 3.17. The fourth-order valence-electron chi connectivity index (χ4n) is 1.53. The monoisotopic (exact) mass is 262 g/mol. The van der Waals surface area contributed by atoms with Crippen LogP contribution in [0.3, 0.4) is 0 Å². The van der Waals surface area contributed by atoms with Gasteiger partial charge < -0.3 is 10.5 Å². The van der Waals surface area contributed by atoms with Crippen molar-refractivity contribution in [3.63, 3.8) is 0 Å². The lowest BCUT2D eigenvalue weighted by Gasteiger charge is -2.16. The highest BCUT2D eigenvalue weighted by Crippen LogP contribution is 2.24. The minimum absolute atomic E-state index is 0.00202. The average molecular weight is 262 g/mol. The molecule has 0 saturated heterocycles. The molecule has 1 aromatic heterocycles. The van der Waals surface area contributed by atoms with Gasteiger partial charge in [0.15, 0.2) is 0 Å². The van der Waals surface area contributed by atoms with E-state index >= 15 is 0 Å². The zero-order chi connectivity index (χ0) is 13.0. The predicted octanol–water partition coefficient (Wildman–Crippen LogP) is 2.84. The van der Waals surface area contributed by atoms with Crippen molar-refractivity contribution >= 4 is 11.3 Å². The van der Waals surface area contributed by atoms with Gasteiger partial charge in [-0.25, -0.2) is 4.39 Å². The minimum atomic E-state index is -0.587. The highest BCUT2D eigenvalue weighted by atomic mass is 32.1. The Morgan fingerprint density at radius 1 is 1.44 bits per heavy atom. The van der Waals surface area contributed by atoms with Crippen LogP contribution in [0.15, 0.2) is 35.0 Å². The van der Waals surface area contributed by atoms with Crippen LogP contribution in [0.2, 0.25) is 0 Å². The van der Waals surface area contributed by atoms with Gasteiger partial charge in [-0.3, -0.25) is 0 Å². The fraction of sp³-hybridized carbons (Fsp3) is 0.154. The lowest BCUT2D eigenvalue weighted by molar-refractivity contribution is 0.214. The normalized spacial score (nSPS) is 11.8. The molecule has 1 atom stereocenters. The maximum Gasteiger partial charge on any atom is 0.144 e. The summed E-state index contributed by atoms with van der Waals surface area (Å²) in [6.45, 7) is 0.304. The zero-order valence-electron chi connectivity index (χ0n) is 9.47. The van der Waals surface area contributed by atoms with Gasteiger partial charge in [0.1, 0.15) is 23.7 Å². The van der Waals surface area contributed by atoms with Crippen molar-refractivity contribution in [2.24, 2.45) is 5.73 Å². The van der Waals surface area contributed by atoms with Crippen LogP contribution in [0.1, 0.15) is 17.2 Å². The van der Waals surface area contributed by atoms with Gasteiger partial charge >= 0.3 is 0 Å². The Kier molecular flexibility index (Phi) is 3.92. The number of hydrogen-bond acceptors (Lipinski definition) is 4. The van der Waals surface area contributed by atoms with Crippen molar-refractivity contribution in [1.29, 1.82) is 5.26 Å². The summed E-state index contributed by atoms with van der Waals surface area (Å²) >= 11 is 1.55. The van der Waals surface area contributed by atoms with Crippen LogP contribution < -0.4 is 10.5 Å². The van der Waals surface area contributed by atoms with Crippen molar-refractivity contribution in [2.45, 2.75) is 6.10 Å². The third kappa shape index (κ3) is 2.67. The molecule has 2 aromatic rings. The van der Waals surface area contributed by atoms with Crippen LogP contribution >= 0.6 is 11.3 Å². The number of halogens is 1. The summed E-state index contributed by atoms with van der Waals surface area (Å²) < 4.78 is 19.0. The first-order chi connectivity index (χ1) is 8.74. The topological polar surface area (TPSA) is 59.0 Å². The Balaban J connectivity index is 2.18. The summed E-state index contributed by atoms with van der Waals surface area (Å²) in [7, 11) is 0. The van der Waals surface area contributed by atoms with E-state index in [1.54, 1.807) is 23.5 Å². The summed E-state index contributed by atoms with van der Waals surface area (Å²) in [4.78, 5) is 0. The molecule has 1 heterocycles. The second kappa shape index (κ2) is 5.63. The lowest BCUT2D eigenvalue weighted by atomic mass is 10.2. The maximum atomic E-state index is 13.4. The smallest absolute Gasteiger partial charge is 0.144 e. The third-order valence-electron chi connectivity index (χ3n) is 2.47. The molecule has 3 nitrogen and oxygen atoms in total. The van der Waals surface area contributed by atoms with Crippen LogP contribution in [-0.4, -0.2) is 6.54 Å². The fourth-order valence-corrected chi connectivity index (χ4v) is 2.24. The molecule has 18 heavy (non-hydrogen) atoms. The number of benzene rings is 1. The second-order valence-corrected chi connectivity index (χ2v) is 4.43. The molecule has 0 saturated carbocycles. The van der Waals surface area contributed by atoms with E-state index in [4.69, 9.17) is 15.7 Å². The van der Waals surface area contributed by atoms with E-state index in [-0.39, 0.29) is 11.7 Å². The molecule has 0 aliphatic heterocycles. The molecule has 0 fully saturated rings. The molecule has 1 unspecified atom stereocenters. The highest BCUT2D eigenvalue weighted by molar-refractivity contribution is 7.07. The molecule has 2 rings (SSSR count). The zero-order valence-corrected chi connectivity index (χ0v) is 10.3. The van der Waals surface area contributed by atoms with Gasteiger partial charge in [0.05, 0.1) is 5.56 Å². The predicted molar refractivity (Wildman–Crippen MR) is 67.9 cm³/mol. The molecule has 0 spiro atoms. The minimum Gasteiger partial charge on any atom is -0.484 e. The molecule has 5 heteroatoms. The molecule has 1 aromatic carbocycles. The van der Waals surface area contributed by atoms with Gasteiger partial charge in [-0.15, -0.1) is 0 Å². The van der Waals surface area contributed by atoms with Crippen LogP contribution in [0.4, 0.5) is 4.39 Å². The molecule has 0 bridgehead atoms. The largest absolute Gasteiger partial charge is 0.484 e. The van der Waals surface area contributed by atoms with Crippen molar-refractivity contribution < 1.29 is 9.13 Å². The molecule has 0 radical (unpaired) electrons. The molecule has 92 valence electrons. The first-order valence-electron chi connectivity index (χ1n) is 5.33. The van der Waals surface area contributed by atoms with Gasteiger partial charge in [-0.05, 0) is 29.0 Å². The number of hydrogen-bond donors (Lipinski definition) is 1. The number of ether oxygens (including phenoxy) is 1. The number of nitrogens with two attached hydrogens (primary N) is 1. The Bertz CT molecular complexity index is 563. The van der Waals surface area contributed by atoms with Gasteiger partial charge in [0, 0.05) is 18.2 Å². The lowest BCUT2D eigenvalue weighted by Crippen LogP contribution is -2.17. The van der Waals surface area contributed by atoms with Crippen molar-refractivity contribution in [3.05, 3.63) is 52.0 Å². The summed E-state index contributed by atoms with van der Waals surface area (Å²) in [5.41, 5.74) is 6.61. The molecule has 0 aliphatic carbocycles. The van der Waals surface area contributed by atoms with E-state index in [9.17, 15) is 4.39 Å². The van der Waals surface area contributed by atoms with E-state index in [0.29, 0.717) is 12.3 Å². The maximum absolute atomic E-state index is 13.4. The second-order valence-electron chi connectivity index (χ2n) is 3.65.